The first kappa shape index (κ1) is 14.0. The van der Waals surface area contributed by atoms with Crippen molar-refractivity contribution in [1.82, 2.24) is 10.2 Å². The highest BCUT2D eigenvalue weighted by Crippen LogP contribution is 2.40. The van der Waals surface area contributed by atoms with E-state index in [2.05, 4.69) is 5.32 Å². The molecule has 1 saturated carbocycles. The maximum atomic E-state index is 12.2. The average molecular weight is 265 g/mol. The number of hydrogen-bond acceptors (Lipinski definition) is 3. The molecule has 0 aromatic heterocycles. The molecule has 5 heteroatoms. The number of carbonyl (C=O) groups is 2. The molecule has 0 radical (unpaired) electrons. The zero-order valence-corrected chi connectivity index (χ0v) is 12.0. The van der Waals surface area contributed by atoms with Crippen LogP contribution in [-0.2, 0) is 9.59 Å². The van der Waals surface area contributed by atoms with Gasteiger partial charge in [-0.05, 0) is 32.1 Å². The number of carbonyl (C=O) groups excluding carboxylic acids is 2. The second kappa shape index (κ2) is 4.94. The molecular formula is C14H23N3O2. The van der Waals surface area contributed by atoms with Gasteiger partial charge in [-0.25, -0.2) is 0 Å². The van der Waals surface area contributed by atoms with Gasteiger partial charge < -0.3 is 5.32 Å². The maximum absolute atomic E-state index is 12.2. The van der Waals surface area contributed by atoms with Crippen molar-refractivity contribution < 1.29 is 9.59 Å². The van der Waals surface area contributed by atoms with E-state index >= 15 is 0 Å². The third kappa shape index (κ3) is 2.65. The first-order valence-electron chi connectivity index (χ1n) is 7.10. The largest absolute Gasteiger partial charge is 0.350 e. The van der Waals surface area contributed by atoms with Crippen LogP contribution in [0.25, 0.3) is 0 Å². The molecule has 2 fully saturated rings. The number of guanidine groups is 1. The summed E-state index contributed by atoms with van der Waals surface area (Å²) in [5.74, 6) is 0.769. The highest BCUT2D eigenvalue weighted by Gasteiger charge is 2.45. The van der Waals surface area contributed by atoms with Crippen LogP contribution >= 0.6 is 0 Å². The summed E-state index contributed by atoms with van der Waals surface area (Å²) >= 11 is 0. The topological polar surface area (TPSA) is 73.3 Å². The molecule has 1 aliphatic heterocycles. The van der Waals surface area contributed by atoms with Crippen LogP contribution in [0.5, 0.6) is 0 Å². The molecule has 0 unspecified atom stereocenters. The highest BCUT2D eigenvalue weighted by molar-refractivity contribution is 5.99. The van der Waals surface area contributed by atoms with E-state index in [1.54, 1.807) is 6.92 Å². The van der Waals surface area contributed by atoms with E-state index in [-0.39, 0.29) is 35.0 Å². The number of hydrogen-bond donors (Lipinski definition) is 2. The predicted molar refractivity (Wildman–Crippen MR) is 72.8 cm³/mol. The van der Waals surface area contributed by atoms with Gasteiger partial charge in [0.2, 0.25) is 5.91 Å². The minimum absolute atomic E-state index is 0.0154. The number of nitrogens with zero attached hydrogens (tertiary/aromatic N) is 1. The molecule has 106 valence electrons. The van der Waals surface area contributed by atoms with Crippen LogP contribution in [0.15, 0.2) is 0 Å². The Labute approximate surface area is 114 Å². The molecular weight excluding hydrogens is 242 g/mol. The lowest BCUT2D eigenvalue weighted by Gasteiger charge is -2.42. The van der Waals surface area contributed by atoms with Crippen LogP contribution in [-0.4, -0.2) is 34.6 Å². The van der Waals surface area contributed by atoms with Gasteiger partial charge in [0.15, 0.2) is 5.96 Å². The fourth-order valence-electron chi connectivity index (χ4n) is 2.92. The SMILES string of the molecule is CCC1(CC)CC(=O)N(C[C@H]2C[C@@H]2C(C)=O)C(=N)N1. The minimum Gasteiger partial charge on any atom is -0.350 e. The summed E-state index contributed by atoms with van der Waals surface area (Å²) in [5, 5.41) is 11.2. The Bertz CT molecular complexity index is 395. The van der Waals surface area contributed by atoms with Gasteiger partial charge in [-0.15, -0.1) is 0 Å². The second-order valence-electron chi connectivity index (χ2n) is 5.86. The van der Waals surface area contributed by atoms with Crippen molar-refractivity contribution in [2.24, 2.45) is 11.8 Å². The Morgan fingerprint density at radius 1 is 1.47 bits per heavy atom. The van der Waals surface area contributed by atoms with E-state index in [4.69, 9.17) is 5.41 Å². The van der Waals surface area contributed by atoms with E-state index in [9.17, 15) is 9.59 Å². The minimum atomic E-state index is -0.256. The number of nitrogens with one attached hydrogen (secondary N) is 2. The molecule has 1 heterocycles. The third-order valence-electron chi connectivity index (χ3n) is 4.66. The molecule has 5 nitrogen and oxygen atoms in total. The molecule has 0 aromatic rings. The van der Waals surface area contributed by atoms with Gasteiger partial charge in [0, 0.05) is 18.0 Å². The number of ketones is 1. The molecule has 2 atom stereocenters. The lowest BCUT2D eigenvalue weighted by atomic mass is 9.87. The van der Waals surface area contributed by atoms with Crippen LogP contribution in [0.2, 0.25) is 0 Å². The fraction of sp³-hybridized carbons (Fsp3) is 0.786. The lowest BCUT2D eigenvalue weighted by molar-refractivity contribution is -0.131. The summed E-state index contributed by atoms with van der Waals surface area (Å²) < 4.78 is 0. The monoisotopic (exact) mass is 265 g/mol. The van der Waals surface area contributed by atoms with Crippen molar-refractivity contribution in [3.8, 4) is 0 Å². The molecule has 19 heavy (non-hydrogen) atoms. The molecule has 2 N–H and O–H groups in total. The summed E-state index contributed by atoms with van der Waals surface area (Å²) in [6.45, 7) is 6.20. The van der Waals surface area contributed by atoms with Gasteiger partial charge in [0.1, 0.15) is 5.78 Å². The molecule has 0 aromatic carbocycles. The van der Waals surface area contributed by atoms with Crippen molar-refractivity contribution in [3.05, 3.63) is 0 Å². The predicted octanol–water partition coefficient (Wildman–Crippen LogP) is 1.53. The van der Waals surface area contributed by atoms with Gasteiger partial charge >= 0.3 is 0 Å². The van der Waals surface area contributed by atoms with E-state index in [0.29, 0.717) is 13.0 Å². The lowest BCUT2D eigenvalue weighted by Crippen LogP contribution is -2.62. The molecule has 2 rings (SSSR count). The molecule has 1 saturated heterocycles. The summed E-state index contributed by atoms with van der Waals surface area (Å²) in [6, 6.07) is 0. The fourth-order valence-corrected chi connectivity index (χ4v) is 2.92. The standard InChI is InChI=1S/C14H23N3O2/c1-4-14(5-2)7-12(19)17(13(15)16-14)8-10-6-11(10)9(3)18/h10-11H,4-8H2,1-3H3,(H2,15,16)/t10-,11-/m1/s1. The van der Waals surface area contributed by atoms with Gasteiger partial charge in [0.05, 0.1) is 6.42 Å². The summed E-state index contributed by atoms with van der Waals surface area (Å²) in [6.07, 6.45) is 2.98. The molecule has 1 aliphatic carbocycles. The van der Waals surface area contributed by atoms with Gasteiger partial charge in [-0.3, -0.25) is 19.9 Å². The normalized spacial score (nSPS) is 29.1. The Hall–Kier alpha value is -1.39. The van der Waals surface area contributed by atoms with Crippen LogP contribution in [0.1, 0.15) is 46.5 Å². The number of Topliss-reactive ketones (excluding diaryl/α,β-unsaturated/α-hetero) is 1. The maximum Gasteiger partial charge on any atom is 0.231 e. The smallest absolute Gasteiger partial charge is 0.231 e. The van der Waals surface area contributed by atoms with Crippen LogP contribution < -0.4 is 5.32 Å². The first-order chi connectivity index (χ1) is 8.92. The van der Waals surface area contributed by atoms with Gasteiger partial charge in [-0.1, -0.05) is 13.8 Å². The van der Waals surface area contributed by atoms with Crippen molar-refractivity contribution in [2.75, 3.05) is 6.54 Å². The number of amides is 1. The summed E-state index contributed by atoms with van der Waals surface area (Å²) in [4.78, 5) is 25.0. The zero-order chi connectivity index (χ0) is 14.2. The Balaban J connectivity index is 1.99. The van der Waals surface area contributed by atoms with Gasteiger partial charge in [-0.2, -0.15) is 0 Å². The van der Waals surface area contributed by atoms with E-state index < -0.39 is 0 Å². The van der Waals surface area contributed by atoms with Crippen molar-refractivity contribution in [2.45, 2.75) is 52.0 Å². The second-order valence-corrected chi connectivity index (χ2v) is 5.86. The summed E-state index contributed by atoms with van der Waals surface area (Å²) in [5.41, 5.74) is -0.256. The molecule has 0 spiro atoms. The van der Waals surface area contributed by atoms with E-state index in [1.165, 1.54) is 4.90 Å². The van der Waals surface area contributed by atoms with Crippen LogP contribution in [0, 0.1) is 17.2 Å². The number of rotatable bonds is 5. The van der Waals surface area contributed by atoms with Crippen LogP contribution in [0.4, 0.5) is 0 Å². The average Bonchev–Trinajstić information content (AvgIpc) is 3.13. The Morgan fingerprint density at radius 3 is 2.53 bits per heavy atom. The van der Waals surface area contributed by atoms with Crippen molar-refractivity contribution in [1.29, 1.82) is 5.41 Å². The Morgan fingerprint density at radius 2 is 2.11 bits per heavy atom. The highest BCUT2D eigenvalue weighted by atomic mass is 16.2. The Kier molecular flexibility index (Phi) is 3.65. The van der Waals surface area contributed by atoms with E-state index in [0.717, 1.165) is 19.3 Å². The zero-order valence-electron chi connectivity index (χ0n) is 12.0. The first-order valence-corrected chi connectivity index (χ1v) is 7.10. The van der Waals surface area contributed by atoms with Gasteiger partial charge in [0.25, 0.3) is 0 Å². The molecule has 0 bridgehead atoms. The molecule has 2 aliphatic rings. The quantitative estimate of drug-likeness (QED) is 0.791. The van der Waals surface area contributed by atoms with Crippen molar-refractivity contribution in [3.63, 3.8) is 0 Å². The van der Waals surface area contributed by atoms with Crippen LogP contribution in [0.3, 0.4) is 0 Å². The molecule has 1 amide bonds. The third-order valence-corrected chi connectivity index (χ3v) is 4.66. The van der Waals surface area contributed by atoms with Crippen molar-refractivity contribution >= 4 is 17.6 Å². The summed E-state index contributed by atoms with van der Waals surface area (Å²) in [7, 11) is 0. The van der Waals surface area contributed by atoms with E-state index in [1.807, 2.05) is 13.8 Å².